The van der Waals surface area contributed by atoms with Gasteiger partial charge in [0.05, 0.1) is 0 Å². The van der Waals surface area contributed by atoms with Crippen LogP contribution >= 0.6 is 0 Å². The third kappa shape index (κ3) is 10.2. The molecule has 0 rings (SSSR count). The standard InChI is InChI=1S/C18H26.2C2H6/c1-7-11-15-17(14-10-4)18(5,6)16(12-8-2)13-9-3;2*1-2/h7-15H,2H2,1,3-6H3;2*1-2H3/b11-7-,13-9-,14-10-,16-12+,17-15+;;. The lowest BCUT2D eigenvalue weighted by Gasteiger charge is -2.28. The topological polar surface area (TPSA) is 0 Å². The maximum absolute atomic E-state index is 3.80. The first-order valence-electron chi connectivity index (χ1n) is 8.46. The van der Waals surface area contributed by atoms with E-state index in [1.165, 1.54) is 11.1 Å². The summed E-state index contributed by atoms with van der Waals surface area (Å²) in [5.41, 5.74) is 2.51. The van der Waals surface area contributed by atoms with Crippen LogP contribution in [0.3, 0.4) is 0 Å². The van der Waals surface area contributed by atoms with E-state index in [4.69, 9.17) is 0 Å². The lowest BCUT2D eigenvalue weighted by Crippen LogP contribution is -2.16. The Labute approximate surface area is 140 Å². The van der Waals surface area contributed by atoms with E-state index in [0.29, 0.717) is 0 Å². The van der Waals surface area contributed by atoms with Crippen LogP contribution in [0.25, 0.3) is 0 Å². The van der Waals surface area contributed by atoms with Crippen LogP contribution in [0.15, 0.2) is 72.4 Å². The van der Waals surface area contributed by atoms with Crippen LogP contribution in [0, 0.1) is 5.41 Å². The molecule has 0 spiro atoms. The van der Waals surface area contributed by atoms with Crippen molar-refractivity contribution in [3.8, 4) is 0 Å². The van der Waals surface area contributed by atoms with Crippen molar-refractivity contribution in [2.75, 3.05) is 0 Å². The molecule has 0 saturated carbocycles. The lowest BCUT2D eigenvalue weighted by atomic mass is 9.76. The third-order valence-electron chi connectivity index (χ3n) is 2.90. The summed E-state index contributed by atoms with van der Waals surface area (Å²) in [5.74, 6) is 0. The van der Waals surface area contributed by atoms with E-state index >= 15 is 0 Å². The van der Waals surface area contributed by atoms with Crippen LogP contribution in [0.4, 0.5) is 0 Å². The van der Waals surface area contributed by atoms with Gasteiger partial charge in [0.15, 0.2) is 0 Å². The van der Waals surface area contributed by atoms with Crippen LogP contribution < -0.4 is 0 Å². The van der Waals surface area contributed by atoms with Crippen LogP contribution in [0.1, 0.15) is 62.3 Å². The van der Waals surface area contributed by atoms with E-state index in [0.717, 1.165) is 0 Å². The van der Waals surface area contributed by atoms with E-state index in [1.807, 2.05) is 60.6 Å². The van der Waals surface area contributed by atoms with Gasteiger partial charge < -0.3 is 0 Å². The van der Waals surface area contributed by atoms with Crippen molar-refractivity contribution < 1.29 is 0 Å². The fourth-order valence-electron chi connectivity index (χ4n) is 1.80. The molecule has 0 aromatic carbocycles. The number of allylic oxidation sites excluding steroid dienone is 11. The van der Waals surface area contributed by atoms with E-state index in [2.05, 4.69) is 63.0 Å². The summed E-state index contributed by atoms with van der Waals surface area (Å²) in [6, 6.07) is 0. The molecule has 0 aliphatic carbocycles. The molecular formula is C22H38. The first-order chi connectivity index (χ1) is 10.5. The normalized spacial score (nSPS) is 13.0. The molecule has 0 fully saturated rings. The fraction of sp³-hybridized carbons (Fsp3) is 0.455. The van der Waals surface area contributed by atoms with Gasteiger partial charge in [-0.3, -0.25) is 0 Å². The molecule has 126 valence electrons. The highest BCUT2D eigenvalue weighted by Crippen LogP contribution is 2.36. The predicted octanol–water partition coefficient (Wildman–Crippen LogP) is 7.83. The van der Waals surface area contributed by atoms with Crippen LogP contribution in [0.2, 0.25) is 0 Å². The highest BCUT2D eigenvalue weighted by Gasteiger charge is 2.24. The summed E-state index contributed by atoms with van der Waals surface area (Å²) in [5, 5.41) is 0. The van der Waals surface area contributed by atoms with Crippen LogP contribution in [-0.4, -0.2) is 0 Å². The Morgan fingerprint density at radius 1 is 0.727 bits per heavy atom. The molecule has 0 aromatic heterocycles. The Balaban J connectivity index is -0.000000826. The minimum Gasteiger partial charge on any atom is -0.0991 e. The second-order valence-corrected chi connectivity index (χ2v) is 4.63. The SMILES string of the molecule is C=C/C=C(\C=C/C)C(C)(C)C(/C=C\C)=C/C=C\C.CC.CC. The van der Waals surface area contributed by atoms with E-state index in [9.17, 15) is 0 Å². The Morgan fingerprint density at radius 3 is 1.45 bits per heavy atom. The molecule has 0 saturated heterocycles. The highest BCUT2D eigenvalue weighted by molar-refractivity contribution is 5.42. The van der Waals surface area contributed by atoms with Gasteiger partial charge in [-0.15, -0.1) is 0 Å². The second kappa shape index (κ2) is 17.5. The van der Waals surface area contributed by atoms with Crippen LogP contribution in [0.5, 0.6) is 0 Å². The molecule has 0 heteroatoms. The lowest BCUT2D eigenvalue weighted by molar-refractivity contribution is 0.566. The minimum atomic E-state index is -0.0350. The molecule has 0 atom stereocenters. The largest absolute Gasteiger partial charge is 0.0991 e. The number of hydrogen-bond donors (Lipinski definition) is 0. The van der Waals surface area contributed by atoms with Gasteiger partial charge in [-0.05, 0) is 31.9 Å². The molecule has 0 unspecified atom stereocenters. The zero-order valence-electron chi connectivity index (χ0n) is 16.4. The summed E-state index contributed by atoms with van der Waals surface area (Å²) in [6.07, 6.45) is 18.7. The minimum absolute atomic E-state index is 0.0350. The van der Waals surface area contributed by atoms with Crippen molar-refractivity contribution in [2.24, 2.45) is 5.41 Å². The van der Waals surface area contributed by atoms with Gasteiger partial charge in [0.25, 0.3) is 0 Å². The smallest absolute Gasteiger partial charge is 0.0146 e. The summed E-state index contributed by atoms with van der Waals surface area (Å²) in [7, 11) is 0. The molecule has 0 aliphatic heterocycles. The van der Waals surface area contributed by atoms with E-state index < -0.39 is 0 Å². The predicted molar refractivity (Wildman–Crippen MR) is 107 cm³/mol. The molecule has 0 N–H and O–H groups in total. The molecule has 0 nitrogen and oxygen atoms in total. The van der Waals surface area contributed by atoms with Crippen molar-refractivity contribution in [3.63, 3.8) is 0 Å². The summed E-state index contributed by atoms with van der Waals surface area (Å²) >= 11 is 0. The second-order valence-electron chi connectivity index (χ2n) is 4.63. The molecule has 0 aromatic rings. The first-order valence-corrected chi connectivity index (χ1v) is 8.46. The Kier molecular flexibility index (Phi) is 20.2. The van der Waals surface area contributed by atoms with Crippen molar-refractivity contribution in [1.29, 1.82) is 0 Å². The quantitative estimate of drug-likeness (QED) is 0.438. The van der Waals surface area contributed by atoms with Gasteiger partial charge in [-0.2, -0.15) is 0 Å². The zero-order valence-corrected chi connectivity index (χ0v) is 16.4. The average Bonchev–Trinajstić information content (AvgIpc) is 2.55. The Hall–Kier alpha value is -1.56. The monoisotopic (exact) mass is 302 g/mol. The van der Waals surface area contributed by atoms with Gasteiger partial charge >= 0.3 is 0 Å². The highest BCUT2D eigenvalue weighted by atomic mass is 14.3. The van der Waals surface area contributed by atoms with Crippen LogP contribution in [-0.2, 0) is 0 Å². The summed E-state index contributed by atoms with van der Waals surface area (Å²) < 4.78 is 0. The fourth-order valence-corrected chi connectivity index (χ4v) is 1.80. The van der Waals surface area contributed by atoms with E-state index in [-0.39, 0.29) is 5.41 Å². The Morgan fingerprint density at radius 2 is 1.14 bits per heavy atom. The third-order valence-corrected chi connectivity index (χ3v) is 2.90. The number of hydrogen-bond acceptors (Lipinski definition) is 0. The van der Waals surface area contributed by atoms with Crippen molar-refractivity contribution in [3.05, 3.63) is 72.4 Å². The van der Waals surface area contributed by atoms with Gasteiger partial charge in [-0.25, -0.2) is 0 Å². The molecule has 0 heterocycles. The maximum atomic E-state index is 3.80. The molecule has 0 radical (unpaired) electrons. The van der Waals surface area contributed by atoms with Gasteiger partial charge in [0.1, 0.15) is 0 Å². The molecule has 22 heavy (non-hydrogen) atoms. The van der Waals surface area contributed by atoms with Gasteiger partial charge in [0.2, 0.25) is 0 Å². The summed E-state index contributed by atoms with van der Waals surface area (Å²) in [6.45, 7) is 22.4. The Bertz CT molecular complexity index is 396. The number of rotatable bonds is 6. The van der Waals surface area contributed by atoms with Crippen molar-refractivity contribution in [2.45, 2.75) is 62.3 Å². The molecule has 0 aliphatic rings. The molecule has 0 bridgehead atoms. The zero-order chi connectivity index (χ0) is 18.0. The summed E-state index contributed by atoms with van der Waals surface area (Å²) in [4.78, 5) is 0. The van der Waals surface area contributed by atoms with Crippen molar-refractivity contribution >= 4 is 0 Å². The molecule has 0 amide bonds. The average molecular weight is 303 g/mol. The van der Waals surface area contributed by atoms with Crippen molar-refractivity contribution in [1.82, 2.24) is 0 Å². The molecular weight excluding hydrogens is 264 g/mol. The first kappa shape index (κ1) is 25.4. The van der Waals surface area contributed by atoms with Gasteiger partial charge in [0, 0.05) is 5.41 Å². The maximum Gasteiger partial charge on any atom is 0.0146 e. The van der Waals surface area contributed by atoms with E-state index in [1.54, 1.807) is 0 Å². The van der Waals surface area contributed by atoms with Gasteiger partial charge in [-0.1, -0.05) is 103 Å².